The van der Waals surface area contributed by atoms with Gasteiger partial charge in [-0.1, -0.05) is 33.6 Å². The van der Waals surface area contributed by atoms with E-state index in [9.17, 15) is 0 Å². The maximum Gasteiger partial charge on any atom is 0.135 e. The highest BCUT2D eigenvalue weighted by Gasteiger charge is 2.22. The van der Waals surface area contributed by atoms with Crippen LogP contribution in [0.25, 0.3) is 0 Å². The maximum absolute atomic E-state index is 4.69. The molecule has 0 amide bonds. The van der Waals surface area contributed by atoms with Crippen LogP contribution in [-0.2, 0) is 0 Å². The van der Waals surface area contributed by atoms with Crippen LogP contribution in [0.1, 0.15) is 71.5 Å². The van der Waals surface area contributed by atoms with E-state index in [0.29, 0.717) is 12.0 Å². The van der Waals surface area contributed by atoms with Gasteiger partial charge in [0.25, 0.3) is 0 Å². The zero-order valence-corrected chi connectivity index (χ0v) is 13.9. The molecule has 4 heteroatoms. The molecule has 0 bridgehead atoms. The molecule has 2 rings (SSSR count). The second kappa shape index (κ2) is 7.62. The Kier molecular flexibility index (Phi) is 5.83. The van der Waals surface area contributed by atoms with Gasteiger partial charge in [-0.15, -0.1) is 0 Å². The van der Waals surface area contributed by atoms with Gasteiger partial charge in [-0.05, 0) is 32.1 Å². The van der Waals surface area contributed by atoms with Crippen molar-refractivity contribution in [2.24, 2.45) is 5.92 Å². The summed E-state index contributed by atoms with van der Waals surface area (Å²) in [6.07, 6.45) is 6.54. The molecule has 21 heavy (non-hydrogen) atoms. The third-order valence-corrected chi connectivity index (χ3v) is 4.30. The van der Waals surface area contributed by atoms with Gasteiger partial charge in [0.1, 0.15) is 17.5 Å². The highest BCUT2D eigenvalue weighted by molar-refractivity contribution is 5.48. The average molecular weight is 290 g/mol. The van der Waals surface area contributed by atoms with Gasteiger partial charge >= 0.3 is 0 Å². The Morgan fingerprint density at radius 2 is 1.81 bits per heavy atom. The molecular formula is C17H30N4. The van der Waals surface area contributed by atoms with Crippen molar-refractivity contribution in [3.05, 3.63) is 11.9 Å². The predicted molar refractivity (Wildman–Crippen MR) is 89.9 cm³/mol. The van der Waals surface area contributed by atoms with Crippen LogP contribution < -0.4 is 10.6 Å². The van der Waals surface area contributed by atoms with Crippen molar-refractivity contribution in [3.8, 4) is 0 Å². The summed E-state index contributed by atoms with van der Waals surface area (Å²) < 4.78 is 0. The third-order valence-electron chi connectivity index (χ3n) is 4.30. The Morgan fingerprint density at radius 1 is 1.14 bits per heavy atom. The molecule has 0 aromatic carbocycles. The lowest BCUT2D eigenvalue weighted by Gasteiger charge is -2.22. The van der Waals surface area contributed by atoms with Crippen molar-refractivity contribution in [2.75, 3.05) is 17.2 Å². The van der Waals surface area contributed by atoms with Crippen molar-refractivity contribution in [1.82, 2.24) is 9.97 Å². The molecule has 0 saturated heterocycles. The molecule has 1 aliphatic rings. The summed E-state index contributed by atoms with van der Waals surface area (Å²) in [6.45, 7) is 9.68. The van der Waals surface area contributed by atoms with Crippen molar-refractivity contribution in [2.45, 2.75) is 71.8 Å². The van der Waals surface area contributed by atoms with Crippen LogP contribution in [0.5, 0.6) is 0 Å². The molecule has 0 spiro atoms. The van der Waals surface area contributed by atoms with E-state index in [1.54, 1.807) is 0 Å². The first-order valence-electron chi connectivity index (χ1n) is 8.49. The molecule has 1 atom stereocenters. The minimum atomic E-state index is 0.343. The SMILES string of the molecule is CCCNc1cc(NC(C)C2CCCC2)nc(C(C)C)n1. The highest BCUT2D eigenvalue weighted by atomic mass is 15.1. The molecule has 1 fully saturated rings. The monoisotopic (exact) mass is 290 g/mol. The Bertz CT molecular complexity index is 438. The molecule has 1 aromatic heterocycles. The van der Waals surface area contributed by atoms with Crippen LogP contribution in [0.3, 0.4) is 0 Å². The Balaban J connectivity index is 2.10. The summed E-state index contributed by atoms with van der Waals surface area (Å²) in [5.74, 6) is 3.95. The summed E-state index contributed by atoms with van der Waals surface area (Å²) in [5, 5.41) is 6.99. The summed E-state index contributed by atoms with van der Waals surface area (Å²) in [7, 11) is 0. The van der Waals surface area contributed by atoms with Crippen LogP contribution in [0.15, 0.2) is 6.07 Å². The minimum Gasteiger partial charge on any atom is -0.370 e. The number of rotatable bonds is 7. The van der Waals surface area contributed by atoms with Crippen LogP contribution in [-0.4, -0.2) is 22.6 Å². The van der Waals surface area contributed by atoms with Crippen molar-refractivity contribution in [1.29, 1.82) is 0 Å². The number of nitrogens with one attached hydrogen (secondary N) is 2. The van der Waals surface area contributed by atoms with Gasteiger partial charge in [-0.25, -0.2) is 9.97 Å². The first-order chi connectivity index (χ1) is 10.1. The largest absolute Gasteiger partial charge is 0.370 e. The van der Waals surface area contributed by atoms with E-state index < -0.39 is 0 Å². The Morgan fingerprint density at radius 3 is 2.43 bits per heavy atom. The lowest BCUT2D eigenvalue weighted by molar-refractivity contribution is 0.481. The van der Waals surface area contributed by atoms with E-state index in [4.69, 9.17) is 4.98 Å². The normalized spacial score (nSPS) is 17.2. The van der Waals surface area contributed by atoms with E-state index >= 15 is 0 Å². The lowest BCUT2D eigenvalue weighted by Crippen LogP contribution is -2.25. The molecule has 1 unspecified atom stereocenters. The molecule has 2 N–H and O–H groups in total. The smallest absolute Gasteiger partial charge is 0.135 e. The van der Waals surface area contributed by atoms with Crippen LogP contribution >= 0.6 is 0 Å². The quantitative estimate of drug-likeness (QED) is 0.781. The summed E-state index contributed by atoms with van der Waals surface area (Å²) in [6, 6.07) is 2.54. The van der Waals surface area contributed by atoms with E-state index in [1.807, 2.05) is 6.07 Å². The fraction of sp³-hybridized carbons (Fsp3) is 0.765. The molecule has 4 nitrogen and oxygen atoms in total. The molecule has 0 aliphatic heterocycles. The number of hydrogen-bond acceptors (Lipinski definition) is 4. The number of aromatic nitrogens is 2. The summed E-state index contributed by atoms with van der Waals surface area (Å²) in [5.41, 5.74) is 0. The van der Waals surface area contributed by atoms with Crippen LogP contribution in [0.4, 0.5) is 11.6 Å². The highest BCUT2D eigenvalue weighted by Crippen LogP contribution is 2.29. The van der Waals surface area contributed by atoms with E-state index in [-0.39, 0.29) is 0 Å². The second-order valence-corrected chi connectivity index (χ2v) is 6.56. The molecule has 0 radical (unpaired) electrons. The van der Waals surface area contributed by atoms with Crippen molar-refractivity contribution >= 4 is 11.6 Å². The summed E-state index contributed by atoms with van der Waals surface area (Å²) >= 11 is 0. The van der Waals surface area contributed by atoms with E-state index in [0.717, 1.165) is 36.3 Å². The van der Waals surface area contributed by atoms with E-state index in [2.05, 4.69) is 43.3 Å². The molecular weight excluding hydrogens is 260 g/mol. The van der Waals surface area contributed by atoms with Crippen molar-refractivity contribution < 1.29 is 0 Å². The zero-order chi connectivity index (χ0) is 15.2. The molecule has 1 aromatic rings. The predicted octanol–water partition coefficient (Wildman–Crippen LogP) is 4.41. The summed E-state index contributed by atoms with van der Waals surface area (Å²) in [4.78, 5) is 9.30. The fourth-order valence-corrected chi connectivity index (χ4v) is 2.95. The van der Waals surface area contributed by atoms with Gasteiger partial charge in [0.2, 0.25) is 0 Å². The van der Waals surface area contributed by atoms with Gasteiger partial charge < -0.3 is 10.6 Å². The van der Waals surface area contributed by atoms with Gasteiger partial charge in [-0.3, -0.25) is 0 Å². The van der Waals surface area contributed by atoms with E-state index in [1.165, 1.54) is 25.7 Å². The fourth-order valence-electron chi connectivity index (χ4n) is 2.95. The molecule has 1 aliphatic carbocycles. The standard InChI is InChI=1S/C17H30N4/c1-5-10-18-15-11-16(21-17(20-15)12(2)3)19-13(4)14-8-6-7-9-14/h11-14H,5-10H2,1-4H3,(H2,18,19,20,21). The van der Waals surface area contributed by atoms with Crippen molar-refractivity contribution in [3.63, 3.8) is 0 Å². The molecule has 118 valence electrons. The number of anilines is 2. The zero-order valence-electron chi connectivity index (χ0n) is 13.9. The topological polar surface area (TPSA) is 49.8 Å². The Labute approximate surface area is 129 Å². The van der Waals surface area contributed by atoms with Gasteiger partial charge in [-0.2, -0.15) is 0 Å². The third kappa shape index (κ3) is 4.58. The first kappa shape index (κ1) is 16.1. The molecule has 1 saturated carbocycles. The average Bonchev–Trinajstić information content (AvgIpc) is 2.99. The minimum absolute atomic E-state index is 0.343. The maximum atomic E-state index is 4.69. The number of nitrogens with zero attached hydrogens (tertiary/aromatic N) is 2. The number of hydrogen-bond donors (Lipinski definition) is 2. The lowest BCUT2D eigenvalue weighted by atomic mass is 10.00. The van der Waals surface area contributed by atoms with Gasteiger partial charge in [0.15, 0.2) is 0 Å². The Hall–Kier alpha value is -1.32. The van der Waals surface area contributed by atoms with Gasteiger partial charge in [0.05, 0.1) is 0 Å². The second-order valence-electron chi connectivity index (χ2n) is 6.56. The van der Waals surface area contributed by atoms with Gasteiger partial charge in [0, 0.05) is 24.6 Å². The molecule has 1 heterocycles. The van der Waals surface area contributed by atoms with Crippen LogP contribution in [0.2, 0.25) is 0 Å². The van der Waals surface area contributed by atoms with Crippen LogP contribution in [0, 0.1) is 5.92 Å². The first-order valence-corrected chi connectivity index (χ1v) is 8.49.